The third-order valence-electron chi connectivity index (χ3n) is 12.4. The molecule has 0 radical (unpaired) electrons. The molecule has 7 aromatic rings. The number of amidine groups is 2. The SMILES string of the molecule is C=NC(=N)c1cccc2c1-c1cc(C(N)=Nc3c(Cc4cccc(C5=CC=CCC5)c4)sc4ccccc34)ccc1C21c2ccccc2C(C)(C)c2ccccc21. The molecule has 6 aromatic carbocycles. The maximum atomic E-state index is 8.99. The van der Waals surface area contributed by atoms with Gasteiger partial charge in [-0.05, 0) is 92.9 Å². The monoisotopic (exact) mass is 754 g/mol. The number of hydrogen-bond donors (Lipinski definition) is 2. The van der Waals surface area contributed by atoms with Crippen molar-refractivity contribution in [3.63, 3.8) is 0 Å². The van der Waals surface area contributed by atoms with Crippen LogP contribution in [0.1, 0.15) is 87.2 Å². The van der Waals surface area contributed by atoms with Gasteiger partial charge in [0.25, 0.3) is 0 Å². The first-order valence-corrected chi connectivity index (χ1v) is 20.5. The molecule has 1 spiro atoms. The van der Waals surface area contributed by atoms with Crippen molar-refractivity contribution in [1.82, 2.24) is 0 Å². The summed E-state index contributed by atoms with van der Waals surface area (Å²) in [6, 6.07) is 48.1. The van der Waals surface area contributed by atoms with E-state index in [0.717, 1.165) is 58.2 Å². The lowest BCUT2D eigenvalue weighted by Crippen LogP contribution is -2.40. The van der Waals surface area contributed by atoms with Crippen LogP contribution < -0.4 is 5.73 Å². The Balaban J connectivity index is 1.15. The van der Waals surface area contributed by atoms with Crippen LogP contribution in [0.4, 0.5) is 5.69 Å². The first-order chi connectivity index (χ1) is 27.8. The minimum atomic E-state index is -0.607. The number of nitrogens with one attached hydrogen (secondary N) is 1. The predicted octanol–water partition coefficient (Wildman–Crippen LogP) is 12.3. The quantitative estimate of drug-likeness (QED) is 0.129. The largest absolute Gasteiger partial charge is 0.383 e. The zero-order valence-corrected chi connectivity index (χ0v) is 33.0. The lowest BCUT2D eigenvalue weighted by atomic mass is 9.55. The highest BCUT2D eigenvalue weighted by atomic mass is 32.1. The summed E-state index contributed by atoms with van der Waals surface area (Å²) in [5.41, 5.74) is 22.2. The number of allylic oxidation sites excluding steroid dienone is 4. The molecule has 3 aliphatic carbocycles. The summed E-state index contributed by atoms with van der Waals surface area (Å²) in [5, 5.41) is 10.1. The second kappa shape index (κ2) is 13.4. The van der Waals surface area contributed by atoms with Gasteiger partial charge in [0, 0.05) is 37.9 Å². The van der Waals surface area contributed by atoms with E-state index in [0.29, 0.717) is 5.84 Å². The zero-order chi connectivity index (χ0) is 38.9. The molecule has 4 nitrogen and oxygen atoms in total. The van der Waals surface area contributed by atoms with E-state index in [2.05, 4.69) is 171 Å². The second-order valence-electron chi connectivity index (χ2n) is 15.9. The smallest absolute Gasteiger partial charge is 0.151 e. The Labute approximate surface area is 338 Å². The molecule has 0 aliphatic heterocycles. The number of nitrogens with zero attached hydrogens (tertiary/aromatic N) is 2. The summed E-state index contributed by atoms with van der Waals surface area (Å²) < 4.78 is 1.19. The van der Waals surface area contributed by atoms with E-state index < -0.39 is 5.41 Å². The molecule has 3 aliphatic rings. The van der Waals surface area contributed by atoms with Crippen LogP contribution in [-0.2, 0) is 17.3 Å². The lowest BCUT2D eigenvalue weighted by molar-refractivity contribution is 0.563. The van der Waals surface area contributed by atoms with Gasteiger partial charge in [0.05, 0.1) is 11.1 Å². The van der Waals surface area contributed by atoms with Crippen molar-refractivity contribution in [2.45, 2.75) is 43.9 Å². The van der Waals surface area contributed by atoms with Crippen molar-refractivity contribution < 1.29 is 0 Å². The summed E-state index contributed by atoms with van der Waals surface area (Å²) in [5.74, 6) is 0.604. The highest BCUT2D eigenvalue weighted by Crippen LogP contribution is 2.62. The highest BCUT2D eigenvalue weighted by Gasteiger charge is 2.53. The van der Waals surface area contributed by atoms with Crippen molar-refractivity contribution >= 4 is 51.1 Å². The van der Waals surface area contributed by atoms with Gasteiger partial charge in [-0.3, -0.25) is 5.41 Å². The Morgan fingerprint density at radius 3 is 2.21 bits per heavy atom. The van der Waals surface area contributed by atoms with Crippen LogP contribution in [0.5, 0.6) is 0 Å². The molecule has 1 heterocycles. The number of nitrogens with two attached hydrogens (primary N) is 1. The maximum absolute atomic E-state index is 8.99. The van der Waals surface area contributed by atoms with Crippen LogP contribution in [0, 0.1) is 5.41 Å². The van der Waals surface area contributed by atoms with Gasteiger partial charge < -0.3 is 5.73 Å². The van der Waals surface area contributed by atoms with Gasteiger partial charge in [-0.1, -0.05) is 153 Å². The molecule has 0 fully saturated rings. The van der Waals surface area contributed by atoms with E-state index in [4.69, 9.17) is 16.1 Å². The number of thiophene rings is 1. The molecule has 5 heteroatoms. The average molecular weight is 755 g/mol. The van der Waals surface area contributed by atoms with Crippen molar-refractivity contribution in [1.29, 1.82) is 5.41 Å². The summed E-state index contributed by atoms with van der Waals surface area (Å²) in [6.45, 7) is 8.43. The Bertz CT molecular complexity index is 2870. The van der Waals surface area contributed by atoms with Crippen molar-refractivity contribution in [3.8, 4) is 11.1 Å². The van der Waals surface area contributed by atoms with E-state index in [1.165, 1.54) is 54.1 Å². The predicted molar refractivity (Wildman–Crippen MR) is 240 cm³/mol. The number of fused-ring (bicyclic) bond motifs is 10. The molecular formula is C52H42N4S. The van der Waals surface area contributed by atoms with Crippen molar-refractivity contribution in [3.05, 3.63) is 212 Å². The average Bonchev–Trinajstić information content (AvgIpc) is 3.75. The Morgan fingerprint density at radius 1 is 0.772 bits per heavy atom. The molecule has 0 amide bonds. The van der Waals surface area contributed by atoms with Gasteiger partial charge in [-0.2, -0.15) is 0 Å². The fraction of sp³-hybridized carbons (Fsp3) is 0.135. The van der Waals surface area contributed by atoms with Crippen LogP contribution in [0.15, 0.2) is 162 Å². The molecule has 0 atom stereocenters. The van der Waals surface area contributed by atoms with Gasteiger partial charge in [-0.25, -0.2) is 9.98 Å². The minimum Gasteiger partial charge on any atom is -0.383 e. The molecule has 0 unspecified atom stereocenters. The standard InChI is InChI=1S/C52H42N4S/c1-51(2)40-21-8-10-23-42(40)52(43-24-11-9-22-41(43)51)39-28-27-35(31-38(39)47-37(50(54)55-3)20-14-25-44(47)52)49(53)56-48-36-19-7-12-26-45(36)57-46(48)30-32-15-13-18-34(29-32)33-16-5-4-6-17-33/h4-5,7-16,18-29,31,54H,3,6,17,30H2,1-2H3,(H2,53,56). The van der Waals surface area contributed by atoms with E-state index >= 15 is 0 Å². The molecule has 0 bridgehead atoms. The number of hydrogen-bond acceptors (Lipinski definition) is 3. The summed E-state index contributed by atoms with van der Waals surface area (Å²) in [7, 11) is 0. The molecule has 10 rings (SSSR count). The van der Waals surface area contributed by atoms with Gasteiger partial charge >= 0.3 is 0 Å². The summed E-state index contributed by atoms with van der Waals surface area (Å²) in [6.07, 6.45) is 9.53. The third kappa shape index (κ3) is 5.29. The maximum Gasteiger partial charge on any atom is 0.151 e. The molecule has 57 heavy (non-hydrogen) atoms. The Kier molecular flexibility index (Phi) is 8.21. The van der Waals surface area contributed by atoms with E-state index in [1.54, 1.807) is 11.3 Å². The summed E-state index contributed by atoms with van der Waals surface area (Å²) in [4.78, 5) is 10.6. The number of aliphatic imine (C=N–C) groups is 2. The van der Waals surface area contributed by atoms with Crippen molar-refractivity contribution in [2.24, 2.45) is 15.7 Å². The molecular weight excluding hydrogens is 713 g/mol. The van der Waals surface area contributed by atoms with Gasteiger partial charge in [0.2, 0.25) is 0 Å². The molecule has 0 saturated carbocycles. The molecule has 3 N–H and O–H groups in total. The van der Waals surface area contributed by atoms with Crippen LogP contribution in [0.25, 0.3) is 26.8 Å². The zero-order valence-electron chi connectivity index (χ0n) is 32.1. The van der Waals surface area contributed by atoms with Crippen molar-refractivity contribution in [2.75, 3.05) is 0 Å². The van der Waals surface area contributed by atoms with Gasteiger partial charge in [0.15, 0.2) is 5.84 Å². The summed E-state index contributed by atoms with van der Waals surface area (Å²) >= 11 is 1.79. The van der Waals surface area contributed by atoms with Crippen LogP contribution in [0.2, 0.25) is 0 Å². The fourth-order valence-electron chi connectivity index (χ4n) is 9.82. The fourth-order valence-corrected chi connectivity index (χ4v) is 11.0. The lowest BCUT2D eigenvalue weighted by Gasteiger charge is -2.46. The minimum absolute atomic E-state index is 0.147. The van der Waals surface area contributed by atoms with E-state index in [1.807, 2.05) is 6.07 Å². The topological polar surface area (TPSA) is 74.6 Å². The van der Waals surface area contributed by atoms with Gasteiger partial charge in [-0.15, -0.1) is 11.3 Å². The van der Waals surface area contributed by atoms with Crippen LogP contribution in [-0.4, -0.2) is 18.4 Å². The Hall–Kier alpha value is -6.43. The Morgan fingerprint density at radius 2 is 1.47 bits per heavy atom. The first kappa shape index (κ1) is 35.0. The number of benzene rings is 6. The number of rotatable bonds is 6. The molecule has 0 saturated heterocycles. The van der Waals surface area contributed by atoms with E-state index in [-0.39, 0.29) is 11.3 Å². The first-order valence-electron chi connectivity index (χ1n) is 19.6. The second-order valence-corrected chi connectivity index (χ2v) is 17.0. The third-order valence-corrected chi connectivity index (χ3v) is 13.6. The van der Waals surface area contributed by atoms with E-state index in [9.17, 15) is 0 Å². The highest BCUT2D eigenvalue weighted by molar-refractivity contribution is 7.19. The molecule has 1 aromatic heterocycles. The van der Waals surface area contributed by atoms with Gasteiger partial charge in [0.1, 0.15) is 5.84 Å². The van der Waals surface area contributed by atoms with Crippen LogP contribution in [0.3, 0.4) is 0 Å². The van der Waals surface area contributed by atoms with Crippen LogP contribution >= 0.6 is 11.3 Å². The normalized spacial score (nSPS) is 15.8. The molecule has 276 valence electrons.